The number of sulfone groups is 1. The summed E-state index contributed by atoms with van der Waals surface area (Å²) in [7, 11) is -3.79. The summed E-state index contributed by atoms with van der Waals surface area (Å²) >= 11 is 0. The van der Waals surface area contributed by atoms with Crippen molar-refractivity contribution in [1.82, 2.24) is 0 Å². The first-order valence-electron chi connectivity index (χ1n) is 7.80. The molecule has 0 aromatic heterocycles. The van der Waals surface area contributed by atoms with E-state index in [9.17, 15) is 13.7 Å². The molecule has 4 nitrogen and oxygen atoms in total. The van der Waals surface area contributed by atoms with E-state index in [1.54, 1.807) is 42.5 Å². The molecule has 0 bridgehead atoms. The van der Waals surface area contributed by atoms with Crippen LogP contribution in [0.1, 0.15) is 24.1 Å². The third-order valence-corrected chi connectivity index (χ3v) is 5.90. The molecule has 0 saturated carbocycles. The van der Waals surface area contributed by atoms with Crippen LogP contribution in [0.4, 0.5) is 0 Å². The van der Waals surface area contributed by atoms with E-state index in [1.165, 1.54) is 12.2 Å². The van der Waals surface area contributed by atoms with Gasteiger partial charge in [0, 0.05) is 0 Å². The van der Waals surface area contributed by atoms with Gasteiger partial charge in [-0.25, -0.2) is 18.5 Å². The van der Waals surface area contributed by atoms with E-state index in [4.69, 9.17) is 6.57 Å². The van der Waals surface area contributed by atoms with E-state index >= 15 is 0 Å². The predicted molar refractivity (Wildman–Crippen MR) is 108 cm³/mol. The number of allylic oxidation sites excluding steroid dienone is 4. The smallest absolute Gasteiger partial charge is 0.226 e. The summed E-state index contributed by atoms with van der Waals surface area (Å²) in [6.45, 7) is 9.12. The van der Waals surface area contributed by atoms with Gasteiger partial charge in [-0.1, -0.05) is 67.6 Å². The fraction of sp³-hybridized carbons (Fsp3) is 0.0909. The molecule has 0 N–H and O–H groups in total. The van der Waals surface area contributed by atoms with Crippen LogP contribution >= 0.6 is 0 Å². The van der Waals surface area contributed by atoms with E-state index in [1.807, 2.05) is 25.1 Å². The Morgan fingerprint density at radius 1 is 0.963 bits per heavy atom. The van der Waals surface area contributed by atoms with Gasteiger partial charge < -0.3 is 0 Å². The molecule has 134 valence electrons. The van der Waals surface area contributed by atoms with Crippen molar-refractivity contribution in [1.29, 1.82) is 5.26 Å². The number of nitriles is 1. The maximum absolute atomic E-state index is 13.2. The highest BCUT2D eigenvalue weighted by molar-refractivity contribution is 8.09. The Kier molecular flexibility index (Phi) is 5.80. The van der Waals surface area contributed by atoms with Gasteiger partial charge in [0.1, 0.15) is 0 Å². The first-order chi connectivity index (χ1) is 12.5. The van der Waals surface area contributed by atoms with Crippen LogP contribution in [-0.4, -0.2) is 8.42 Å². The first kappa shape index (κ1) is 19.9. The second kappa shape index (κ2) is 7.86. The predicted octanol–water partition coefficient (Wildman–Crippen LogP) is 5.14. The highest BCUT2D eigenvalue weighted by Gasteiger charge is 2.30. The zero-order valence-corrected chi connectivity index (χ0v) is 14.8. The van der Waals surface area contributed by atoms with Crippen molar-refractivity contribution in [3.05, 3.63) is 106 Å². The Labute approximate surface area is 160 Å². The van der Waals surface area contributed by atoms with Gasteiger partial charge >= 0.3 is 0 Å². The third-order valence-electron chi connectivity index (χ3n) is 4.04. The first-order valence-corrected chi connectivity index (χ1v) is 9.28. The Bertz CT molecular complexity index is 1120. The molecule has 0 radical (unpaired) electrons. The summed E-state index contributed by atoms with van der Waals surface area (Å²) in [4.78, 5) is 3.41. The van der Waals surface area contributed by atoms with Gasteiger partial charge in [0.2, 0.25) is 9.84 Å². The minimum atomic E-state index is -3.79. The SMILES string of the molecule is C.[C-]#[N+]/C(C#N)=C1\C=C(c2ccccc2)S(=O)(=O)C(c2ccc(C)cc2)=C1. The lowest BCUT2D eigenvalue weighted by atomic mass is 10.1. The lowest BCUT2D eigenvalue weighted by Crippen LogP contribution is -2.11. The number of hydrogen-bond donors (Lipinski definition) is 0. The van der Waals surface area contributed by atoms with E-state index in [0.717, 1.165) is 5.56 Å². The number of rotatable bonds is 2. The molecular weight excluding hydrogens is 356 g/mol. The van der Waals surface area contributed by atoms with Crippen molar-refractivity contribution in [3.8, 4) is 6.07 Å². The molecular formula is C22H18N2O2S. The third kappa shape index (κ3) is 3.74. The number of aryl methyl sites for hydroxylation is 1. The van der Waals surface area contributed by atoms with Crippen LogP contribution < -0.4 is 0 Å². The molecule has 27 heavy (non-hydrogen) atoms. The van der Waals surface area contributed by atoms with Gasteiger partial charge in [0.25, 0.3) is 5.70 Å². The summed E-state index contributed by atoms with van der Waals surface area (Å²) in [6, 6.07) is 17.7. The fourth-order valence-electron chi connectivity index (χ4n) is 2.69. The molecule has 0 fully saturated rings. The summed E-state index contributed by atoms with van der Waals surface area (Å²) in [5.41, 5.74) is 2.21. The minimum absolute atomic E-state index is 0. The van der Waals surface area contributed by atoms with Crippen LogP contribution in [0.2, 0.25) is 0 Å². The molecule has 5 heteroatoms. The van der Waals surface area contributed by atoms with Crippen LogP contribution in [0, 0.1) is 24.8 Å². The molecule has 0 aliphatic carbocycles. The molecule has 2 aromatic carbocycles. The second-order valence-electron chi connectivity index (χ2n) is 5.78. The topological polar surface area (TPSA) is 62.3 Å². The van der Waals surface area contributed by atoms with Crippen LogP contribution in [0.3, 0.4) is 0 Å². The van der Waals surface area contributed by atoms with Crippen LogP contribution in [0.15, 0.2) is 78.0 Å². The molecule has 1 aliphatic rings. The Balaban J connectivity index is 0.00000261. The van der Waals surface area contributed by atoms with Gasteiger partial charge in [-0.15, -0.1) is 0 Å². The van der Waals surface area contributed by atoms with Crippen LogP contribution in [-0.2, 0) is 9.84 Å². The average Bonchev–Trinajstić information content (AvgIpc) is 2.65. The standard InChI is InChI=1S/C21H14N2O2S.CH4/c1-15-8-10-17(11-9-15)21-13-18(19(14-22)23-2)12-20(26(21,24)25)16-6-4-3-5-7-16;/h3-13H,1H3;1H4/b19-18+;. The van der Waals surface area contributed by atoms with Gasteiger partial charge in [-0.2, -0.15) is 0 Å². The molecule has 0 amide bonds. The zero-order valence-electron chi connectivity index (χ0n) is 14.0. The van der Waals surface area contributed by atoms with Crippen molar-refractivity contribution in [2.75, 3.05) is 0 Å². The van der Waals surface area contributed by atoms with Gasteiger partial charge in [-0.3, -0.25) is 0 Å². The van der Waals surface area contributed by atoms with Gasteiger partial charge in [0.05, 0.1) is 22.5 Å². The summed E-state index contributed by atoms with van der Waals surface area (Å²) in [6.07, 6.45) is 2.81. The second-order valence-corrected chi connectivity index (χ2v) is 7.67. The van der Waals surface area contributed by atoms with Gasteiger partial charge in [-0.05, 0) is 35.8 Å². The van der Waals surface area contributed by atoms with Crippen LogP contribution in [0.25, 0.3) is 14.7 Å². The molecule has 1 heterocycles. The molecule has 0 unspecified atom stereocenters. The fourth-order valence-corrected chi connectivity index (χ4v) is 4.38. The lowest BCUT2D eigenvalue weighted by Gasteiger charge is -2.18. The summed E-state index contributed by atoms with van der Waals surface area (Å²) in [5, 5.41) is 9.23. The monoisotopic (exact) mass is 374 g/mol. The number of benzene rings is 2. The highest BCUT2D eigenvalue weighted by atomic mass is 32.2. The molecule has 0 saturated heterocycles. The number of nitrogens with zero attached hydrogens (tertiary/aromatic N) is 2. The zero-order chi connectivity index (χ0) is 18.7. The van der Waals surface area contributed by atoms with Crippen LogP contribution in [0.5, 0.6) is 0 Å². The Hall–Kier alpha value is -3.41. The largest absolute Gasteiger partial charge is 0.269 e. The Morgan fingerprint density at radius 3 is 1.96 bits per heavy atom. The van der Waals surface area contributed by atoms with E-state index < -0.39 is 9.84 Å². The van der Waals surface area contributed by atoms with Crippen molar-refractivity contribution in [2.24, 2.45) is 0 Å². The molecule has 2 aromatic rings. The van der Waals surface area contributed by atoms with Crippen molar-refractivity contribution < 1.29 is 8.42 Å². The van der Waals surface area contributed by atoms with Crippen molar-refractivity contribution >= 4 is 19.6 Å². The molecule has 0 spiro atoms. The van der Waals surface area contributed by atoms with E-state index in [0.29, 0.717) is 16.7 Å². The van der Waals surface area contributed by atoms with Gasteiger partial charge in [0.15, 0.2) is 0 Å². The minimum Gasteiger partial charge on any atom is -0.226 e. The van der Waals surface area contributed by atoms with E-state index in [2.05, 4.69) is 4.85 Å². The number of hydrogen-bond acceptors (Lipinski definition) is 3. The van der Waals surface area contributed by atoms with E-state index in [-0.39, 0.29) is 22.9 Å². The summed E-state index contributed by atoms with van der Waals surface area (Å²) < 4.78 is 26.4. The normalized spacial score (nSPS) is 16.7. The molecule has 1 aliphatic heterocycles. The maximum atomic E-state index is 13.2. The quantitative estimate of drug-likeness (QED) is 0.540. The highest BCUT2D eigenvalue weighted by Crippen LogP contribution is 2.39. The molecule has 0 atom stereocenters. The average molecular weight is 374 g/mol. The van der Waals surface area contributed by atoms with Crippen molar-refractivity contribution in [3.63, 3.8) is 0 Å². The lowest BCUT2D eigenvalue weighted by molar-refractivity contribution is 0.614. The summed E-state index contributed by atoms with van der Waals surface area (Å²) in [5.74, 6) is 0. The Morgan fingerprint density at radius 2 is 1.48 bits per heavy atom. The molecule has 3 rings (SSSR count). The van der Waals surface area contributed by atoms with Crippen molar-refractivity contribution in [2.45, 2.75) is 14.4 Å². The maximum Gasteiger partial charge on any atom is 0.269 e.